The Hall–Kier alpha value is -0.590. The molecule has 0 saturated heterocycles. The Balaban J connectivity index is 1.88. The highest BCUT2D eigenvalue weighted by molar-refractivity contribution is 5.96. The number of hydrogen-bond donors (Lipinski definition) is 0. The minimum absolute atomic E-state index is 0.468. The van der Waals surface area contributed by atoms with Crippen molar-refractivity contribution in [2.45, 2.75) is 51.4 Å². The number of carbonyl (C=O) groups is 1. The smallest absolute Gasteiger partial charge is 0.158 e. The Kier molecular flexibility index (Phi) is 2.42. The molecule has 2 saturated carbocycles. The lowest BCUT2D eigenvalue weighted by molar-refractivity contribution is -0.118. The Morgan fingerprint density at radius 3 is 2.87 bits per heavy atom. The average Bonchev–Trinajstić information content (AvgIpc) is 2.29. The van der Waals surface area contributed by atoms with E-state index in [-0.39, 0.29) is 0 Å². The quantitative estimate of drug-likeness (QED) is 0.590. The Morgan fingerprint density at radius 1 is 1.07 bits per heavy atom. The van der Waals surface area contributed by atoms with E-state index in [9.17, 15) is 4.79 Å². The highest BCUT2D eigenvalue weighted by Crippen LogP contribution is 2.47. The molecule has 2 fully saturated rings. The average molecular weight is 204 g/mol. The third kappa shape index (κ3) is 1.56. The van der Waals surface area contributed by atoms with Crippen molar-refractivity contribution in [2.75, 3.05) is 0 Å². The number of Topliss-reactive ketones (excluding diaryl/α,β-unsaturated/α-hetero) is 1. The summed E-state index contributed by atoms with van der Waals surface area (Å²) in [6.07, 6.45) is 12.4. The summed E-state index contributed by atoms with van der Waals surface area (Å²) in [6, 6.07) is 0. The van der Waals surface area contributed by atoms with Crippen LogP contribution in [0.4, 0.5) is 0 Å². The molecule has 0 amide bonds. The van der Waals surface area contributed by atoms with Gasteiger partial charge in [-0.15, -0.1) is 0 Å². The monoisotopic (exact) mass is 204 g/mol. The van der Waals surface area contributed by atoms with Crippen molar-refractivity contribution in [3.8, 4) is 0 Å². The van der Waals surface area contributed by atoms with Gasteiger partial charge >= 0.3 is 0 Å². The molecule has 3 aliphatic carbocycles. The molecular weight excluding hydrogens is 184 g/mol. The fraction of sp³-hybridized carbons (Fsp3) is 0.786. The molecule has 0 heterocycles. The number of allylic oxidation sites excluding steroid dienone is 2. The summed E-state index contributed by atoms with van der Waals surface area (Å²) < 4.78 is 0. The van der Waals surface area contributed by atoms with Gasteiger partial charge in [-0.3, -0.25) is 4.79 Å². The van der Waals surface area contributed by atoms with Gasteiger partial charge in [0.05, 0.1) is 0 Å². The lowest BCUT2D eigenvalue weighted by atomic mass is 9.62. The predicted octanol–water partition coefficient (Wildman–Crippen LogP) is 3.49. The topological polar surface area (TPSA) is 17.1 Å². The van der Waals surface area contributed by atoms with Gasteiger partial charge in [-0.25, -0.2) is 0 Å². The van der Waals surface area contributed by atoms with Gasteiger partial charge in [-0.05, 0) is 55.4 Å². The van der Waals surface area contributed by atoms with E-state index in [1.165, 1.54) is 44.1 Å². The van der Waals surface area contributed by atoms with Crippen molar-refractivity contribution in [3.63, 3.8) is 0 Å². The van der Waals surface area contributed by atoms with E-state index in [1.54, 1.807) is 0 Å². The summed E-state index contributed by atoms with van der Waals surface area (Å²) in [5.41, 5.74) is 1.23. The molecule has 15 heavy (non-hydrogen) atoms. The maximum Gasteiger partial charge on any atom is 0.158 e. The SMILES string of the molecule is O=C1CCCC2C1=CCC1CCCCC12. The maximum atomic E-state index is 11.8. The number of hydrogen-bond acceptors (Lipinski definition) is 1. The van der Waals surface area contributed by atoms with Crippen molar-refractivity contribution in [1.82, 2.24) is 0 Å². The second-order valence-corrected chi connectivity index (χ2v) is 5.53. The van der Waals surface area contributed by atoms with Crippen LogP contribution >= 0.6 is 0 Å². The Morgan fingerprint density at radius 2 is 1.93 bits per heavy atom. The lowest BCUT2D eigenvalue weighted by Gasteiger charge is -2.42. The van der Waals surface area contributed by atoms with Crippen LogP contribution in [0.2, 0.25) is 0 Å². The molecule has 3 atom stereocenters. The number of ketones is 1. The normalized spacial score (nSPS) is 40.4. The second kappa shape index (κ2) is 3.77. The molecule has 3 rings (SSSR count). The minimum Gasteiger partial charge on any atom is -0.295 e. The van der Waals surface area contributed by atoms with Gasteiger partial charge < -0.3 is 0 Å². The number of rotatable bonds is 0. The van der Waals surface area contributed by atoms with Crippen LogP contribution in [0, 0.1) is 17.8 Å². The van der Waals surface area contributed by atoms with E-state index in [0.29, 0.717) is 11.7 Å². The summed E-state index contributed by atoms with van der Waals surface area (Å²) in [7, 11) is 0. The molecule has 1 heteroatoms. The van der Waals surface area contributed by atoms with Crippen LogP contribution in [0.15, 0.2) is 11.6 Å². The first-order valence-electron chi connectivity index (χ1n) is 6.59. The summed E-state index contributed by atoms with van der Waals surface area (Å²) >= 11 is 0. The highest BCUT2D eigenvalue weighted by Gasteiger charge is 2.39. The zero-order valence-electron chi connectivity index (χ0n) is 9.37. The molecule has 0 N–H and O–H groups in total. The molecule has 0 aliphatic heterocycles. The summed E-state index contributed by atoms with van der Waals surface area (Å²) in [5.74, 6) is 2.90. The van der Waals surface area contributed by atoms with Crippen LogP contribution in [0.3, 0.4) is 0 Å². The summed E-state index contributed by atoms with van der Waals surface area (Å²) in [4.78, 5) is 11.8. The molecule has 82 valence electrons. The van der Waals surface area contributed by atoms with Crippen molar-refractivity contribution < 1.29 is 4.79 Å². The molecule has 3 aliphatic rings. The summed E-state index contributed by atoms with van der Waals surface area (Å²) in [6.45, 7) is 0. The first-order valence-corrected chi connectivity index (χ1v) is 6.59. The Bertz CT molecular complexity index is 302. The van der Waals surface area contributed by atoms with Crippen molar-refractivity contribution in [1.29, 1.82) is 0 Å². The zero-order valence-corrected chi connectivity index (χ0v) is 9.37. The lowest BCUT2D eigenvalue weighted by Crippen LogP contribution is -2.35. The third-order valence-corrected chi connectivity index (χ3v) is 4.77. The molecule has 0 aromatic carbocycles. The molecule has 0 bridgehead atoms. The van der Waals surface area contributed by atoms with Gasteiger partial charge in [0.15, 0.2) is 5.78 Å². The third-order valence-electron chi connectivity index (χ3n) is 4.77. The number of carbonyl (C=O) groups excluding carboxylic acids is 1. The first kappa shape index (κ1) is 9.62. The van der Waals surface area contributed by atoms with Crippen molar-refractivity contribution >= 4 is 5.78 Å². The standard InChI is InChI=1S/C14H20O/c15-14-7-3-6-12-11-5-2-1-4-10(11)8-9-13(12)14/h9-12H,1-8H2. The molecule has 0 spiro atoms. The van der Waals surface area contributed by atoms with E-state index in [4.69, 9.17) is 0 Å². The molecular formula is C14H20O. The Labute approximate surface area is 91.9 Å². The molecule has 0 aromatic heterocycles. The maximum absolute atomic E-state index is 11.8. The van der Waals surface area contributed by atoms with Crippen LogP contribution < -0.4 is 0 Å². The molecule has 0 aromatic rings. The van der Waals surface area contributed by atoms with E-state index < -0.39 is 0 Å². The first-order chi connectivity index (χ1) is 7.36. The predicted molar refractivity (Wildman–Crippen MR) is 60.5 cm³/mol. The van der Waals surface area contributed by atoms with Crippen LogP contribution in [-0.4, -0.2) is 5.78 Å². The van der Waals surface area contributed by atoms with Gasteiger partial charge in [-0.1, -0.05) is 18.9 Å². The van der Waals surface area contributed by atoms with Crippen molar-refractivity contribution in [2.24, 2.45) is 17.8 Å². The van der Waals surface area contributed by atoms with Gasteiger partial charge in [0.2, 0.25) is 0 Å². The number of fused-ring (bicyclic) bond motifs is 3. The van der Waals surface area contributed by atoms with E-state index >= 15 is 0 Å². The summed E-state index contributed by atoms with van der Waals surface area (Å²) in [5, 5.41) is 0. The minimum atomic E-state index is 0.468. The largest absolute Gasteiger partial charge is 0.295 e. The van der Waals surface area contributed by atoms with E-state index in [1.807, 2.05) is 0 Å². The fourth-order valence-corrected chi connectivity index (χ4v) is 4.04. The fourth-order valence-electron chi connectivity index (χ4n) is 4.04. The van der Waals surface area contributed by atoms with Gasteiger partial charge in [0.25, 0.3) is 0 Å². The van der Waals surface area contributed by atoms with Gasteiger partial charge in [0.1, 0.15) is 0 Å². The van der Waals surface area contributed by atoms with Crippen LogP contribution in [0.5, 0.6) is 0 Å². The van der Waals surface area contributed by atoms with E-state index in [0.717, 1.165) is 24.7 Å². The molecule has 3 unspecified atom stereocenters. The second-order valence-electron chi connectivity index (χ2n) is 5.53. The van der Waals surface area contributed by atoms with E-state index in [2.05, 4.69) is 6.08 Å². The van der Waals surface area contributed by atoms with Crippen LogP contribution in [0.25, 0.3) is 0 Å². The van der Waals surface area contributed by atoms with Gasteiger partial charge in [0, 0.05) is 6.42 Å². The zero-order chi connectivity index (χ0) is 10.3. The van der Waals surface area contributed by atoms with Crippen molar-refractivity contribution in [3.05, 3.63) is 11.6 Å². The van der Waals surface area contributed by atoms with Gasteiger partial charge in [-0.2, -0.15) is 0 Å². The van der Waals surface area contributed by atoms with Crippen LogP contribution in [0.1, 0.15) is 51.4 Å². The molecule has 1 nitrogen and oxygen atoms in total. The highest BCUT2D eigenvalue weighted by atomic mass is 16.1. The molecule has 0 radical (unpaired) electrons. The van der Waals surface area contributed by atoms with Crippen LogP contribution in [-0.2, 0) is 4.79 Å².